The Hall–Kier alpha value is -2.13. The third-order valence-corrected chi connectivity index (χ3v) is 4.88. The molecule has 2 N–H and O–H groups in total. The Morgan fingerprint density at radius 2 is 2.07 bits per heavy atom. The van der Waals surface area contributed by atoms with E-state index in [-0.39, 0.29) is 5.75 Å². The minimum absolute atomic E-state index is 0.102. The van der Waals surface area contributed by atoms with Gasteiger partial charge in [0.25, 0.3) is 0 Å². The average molecular weight is 414 g/mol. The lowest BCUT2D eigenvalue weighted by atomic mass is 10.2. The monoisotopic (exact) mass is 413 g/mol. The van der Waals surface area contributed by atoms with Crippen molar-refractivity contribution < 1.29 is 18.3 Å². The fourth-order valence-electron chi connectivity index (χ4n) is 3.13. The number of rotatable bonds is 9. The molecular weight excluding hydrogens is 380 g/mol. The first kappa shape index (κ1) is 23.2. The first-order valence-corrected chi connectivity index (χ1v) is 9.96. The number of aliphatic imine (C=N–C) groups is 1. The highest BCUT2D eigenvalue weighted by Crippen LogP contribution is 2.26. The molecule has 2 rings (SSSR count). The second kappa shape index (κ2) is 11.8. The van der Waals surface area contributed by atoms with E-state index in [1.807, 2.05) is 6.92 Å². The maximum absolute atomic E-state index is 12.8. The van der Waals surface area contributed by atoms with Gasteiger partial charge in [0.1, 0.15) is 11.5 Å². The Morgan fingerprint density at radius 3 is 2.76 bits per heavy atom. The van der Waals surface area contributed by atoms with Crippen molar-refractivity contribution in [3.63, 3.8) is 0 Å². The zero-order chi connectivity index (χ0) is 21.2. The van der Waals surface area contributed by atoms with Gasteiger partial charge in [-0.05, 0) is 32.6 Å². The molecule has 0 spiro atoms. The normalized spacial score (nSPS) is 18.7. The highest BCUT2D eigenvalue weighted by Gasteiger charge is 2.22. The van der Waals surface area contributed by atoms with Crippen LogP contribution in [-0.2, 0) is 6.54 Å². The van der Waals surface area contributed by atoms with Crippen LogP contribution in [0.2, 0.25) is 0 Å². The van der Waals surface area contributed by atoms with Crippen LogP contribution in [0.15, 0.2) is 23.2 Å². The molecule has 1 saturated heterocycles. The largest absolute Gasteiger partial charge is 0.493 e. The molecule has 1 aliphatic heterocycles. The van der Waals surface area contributed by atoms with Crippen LogP contribution in [0, 0.1) is 0 Å². The number of nitrogens with one attached hydrogen (secondary N) is 2. The molecule has 1 heterocycles. The molecule has 1 fully saturated rings. The van der Waals surface area contributed by atoms with E-state index in [9.17, 15) is 8.78 Å². The van der Waals surface area contributed by atoms with Crippen LogP contribution in [0.25, 0.3) is 0 Å². The molecule has 29 heavy (non-hydrogen) atoms. The quantitative estimate of drug-likeness (QED) is 0.477. The Labute approximate surface area is 172 Å². The number of hydrogen-bond acceptors (Lipinski definition) is 5. The third kappa shape index (κ3) is 7.66. The highest BCUT2D eigenvalue weighted by atomic mass is 19.3. The van der Waals surface area contributed by atoms with Gasteiger partial charge in [-0.2, -0.15) is 8.78 Å². The van der Waals surface area contributed by atoms with E-state index in [1.165, 1.54) is 6.07 Å². The number of nitrogens with zero attached hydrogens (tertiary/aromatic N) is 3. The lowest BCUT2D eigenvalue weighted by Gasteiger charge is -2.37. The van der Waals surface area contributed by atoms with Crippen LogP contribution >= 0.6 is 0 Å². The van der Waals surface area contributed by atoms with E-state index in [0.717, 1.165) is 32.6 Å². The average Bonchev–Trinajstić information content (AvgIpc) is 2.69. The van der Waals surface area contributed by atoms with Crippen molar-refractivity contribution in [3.05, 3.63) is 23.8 Å². The molecule has 0 saturated carbocycles. The summed E-state index contributed by atoms with van der Waals surface area (Å²) in [6.07, 6.45) is 0.836. The Bertz CT molecular complexity index is 660. The van der Waals surface area contributed by atoms with E-state index >= 15 is 0 Å². The number of piperazine rings is 1. The Kier molecular flexibility index (Phi) is 9.40. The number of guanidine groups is 1. The van der Waals surface area contributed by atoms with Crippen molar-refractivity contribution in [1.29, 1.82) is 0 Å². The molecule has 1 aromatic rings. The van der Waals surface area contributed by atoms with Gasteiger partial charge in [-0.25, -0.2) is 0 Å². The summed E-state index contributed by atoms with van der Waals surface area (Å²) in [4.78, 5) is 8.86. The minimum Gasteiger partial charge on any atom is -0.493 e. The van der Waals surface area contributed by atoms with E-state index < -0.39 is 6.61 Å². The molecule has 0 amide bonds. The number of likely N-dealkylation sites (N-methyl/N-ethyl adjacent to an activating group) is 2. The van der Waals surface area contributed by atoms with Crippen molar-refractivity contribution in [1.82, 2.24) is 20.4 Å². The van der Waals surface area contributed by atoms with Crippen LogP contribution in [0.3, 0.4) is 0 Å². The number of ether oxygens (including phenoxy) is 2. The summed E-state index contributed by atoms with van der Waals surface area (Å²) in [5.41, 5.74) is 0.603. The lowest BCUT2D eigenvalue weighted by Crippen LogP contribution is -2.55. The molecule has 0 bridgehead atoms. The van der Waals surface area contributed by atoms with Gasteiger partial charge in [-0.1, -0.05) is 6.92 Å². The molecule has 0 aromatic heterocycles. The van der Waals surface area contributed by atoms with Crippen LogP contribution in [0.5, 0.6) is 11.5 Å². The lowest BCUT2D eigenvalue weighted by molar-refractivity contribution is -0.0505. The van der Waals surface area contributed by atoms with Gasteiger partial charge in [-0.3, -0.25) is 9.89 Å². The highest BCUT2D eigenvalue weighted by molar-refractivity contribution is 5.79. The Morgan fingerprint density at radius 1 is 1.28 bits per heavy atom. The molecule has 1 atom stereocenters. The maximum atomic E-state index is 12.8. The van der Waals surface area contributed by atoms with Crippen molar-refractivity contribution >= 4 is 5.96 Å². The number of halogens is 2. The Balaban J connectivity index is 1.95. The summed E-state index contributed by atoms with van der Waals surface area (Å²) >= 11 is 0. The van der Waals surface area contributed by atoms with Gasteiger partial charge >= 0.3 is 6.61 Å². The molecule has 1 aromatic carbocycles. The summed E-state index contributed by atoms with van der Waals surface area (Å²) in [5.74, 6) is 1.23. The third-order valence-electron chi connectivity index (χ3n) is 4.88. The van der Waals surface area contributed by atoms with Crippen LogP contribution in [0.1, 0.15) is 18.9 Å². The fraction of sp³-hybridized carbons (Fsp3) is 0.650. The molecule has 9 heteroatoms. The fourth-order valence-corrected chi connectivity index (χ4v) is 3.13. The van der Waals surface area contributed by atoms with Gasteiger partial charge in [-0.15, -0.1) is 0 Å². The van der Waals surface area contributed by atoms with Gasteiger partial charge in [0.2, 0.25) is 0 Å². The first-order chi connectivity index (χ1) is 13.9. The zero-order valence-corrected chi connectivity index (χ0v) is 17.8. The van der Waals surface area contributed by atoms with Gasteiger partial charge in [0, 0.05) is 57.4 Å². The van der Waals surface area contributed by atoms with Crippen LogP contribution in [-0.4, -0.2) is 82.3 Å². The predicted molar refractivity (Wildman–Crippen MR) is 111 cm³/mol. The molecule has 0 aliphatic carbocycles. The van der Waals surface area contributed by atoms with Crippen molar-refractivity contribution in [3.8, 4) is 11.5 Å². The second-order valence-corrected chi connectivity index (χ2v) is 7.20. The smallest absolute Gasteiger partial charge is 0.387 e. The zero-order valence-electron chi connectivity index (χ0n) is 17.8. The SMILES string of the molecule is CCCOc1ccc(CNC(=NC)NCC2CN(C)CCN2C)c(OC(F)F)c1. The molecule has 164 valence electrons. The minimum atomic E-state index is -2.90. The van der Waals surface area contributed by atoms with Crippen molar-refractivity contribution in [2.75, 3.05) is 53.9 Å². The molecule has 0 radical (unpaired) electrons. The molecular formula is C20H33F2N5O2. The van der Waals surface area contributed by atoms with E-state index in [0.29, 0.717) is 36.5 Å². The maximum Gasteiger partial charge on any atom is 0.387 e. The number of hydrogen-bond donors (Lipinski definition) is 2. The summed E-state index contributed by atoms with van der Waals surface area (Å²) in [5, 5.41) is 6.49. The van der Waals surface area contributed by atoms with Crippen LogP contribution in [0.4, 0.5) is 8.78 Å². The molecule has 7 nitrogen and oxygen atoms in total. The second-order valence-electron chi connectivity index (χ2n) is 7.20. The first-order valence-electron chi connectivity index (χ1n) is 9.96. The van der Waals surface area contributed by atoms with Gasteiger partial charge in [0.05, 0.1) is 6.61 Å². The molecule has 1 aliphatic rings. The van der Waals surface area contributed by atoms with Gasteiger partial charge in [0.15, 0.2) is 5.96 Å². The van der Waals surface area contributed by atoms with Crippen LogP contribution < -0.4 is 20.1 Å². The summed E-state index contributed by atoms with van der Waals surface area (Å²) < 4.78 is 35.8. The topological polar surface area (TPSA) is 61.4 Å². The van der Waals surface area contributed by atoms with Crippen molar-refractivity contribution in [2.24, 2.45) is 4.99 Å². The number of alkyl halides is 2. The van der Waals surface area contributed by atoms with E-state index in [4.69, 9.17) is 4.74 Å². The predicted octanol–water partition coefficient (Wildman–Crippen LogP) is 1.99. The summed E-state index contributed by atoms with van der Waals surface area (Å²) in [6, 6.07) is 5.36. The molecule has 1 unspecified atom stereocenters. The standard InChI is InChI=1S/C20H33F2N5O2/c1-5-10-28-17-7-6-15(18(11-17)29-19(21)22)12-24-20(23-2)25-13-16-14-26(3)8-9-27(16)4/h6-7,11,16,19H,5,8-10,12-14H2,1-4H3,(H2,23,24,25). The van der Waals surface area contributed by atoms with E-state index in [1.54, 1.807) is 19.2 Å². The number of benzene rings is 1. The summed E-state index contributed by atoms with van der Waals surface area (Å²) in [7, 11) is 5.92. The van der Waals surface area contributed by atoms with Gasteiger partial charge < -0.3 is 25.0 Å². The van der Waals surface area contributed by atoms with E-state index in [2.05, 4.69) is 44.3 Å². The van der Waals surface area contributed by atoms with Crippen molar-refractivity contribution in [2.45, 2.75) is 32.5 Å². The summed E-state index contributed by atoms with van der Waals surface area (Å²) in [6.45, 7) is 3.71.